The Balaban J connectivity index is 2.05. The summed E-state index contributed by atoms with van der Waals surface area (Å²) in [5, 5.41) is 0. The zero-order valence-electron chi connectivity index (χ0n) is 10.6. The van der Waals surface area contributed by atoms with E-state index < -0.39 is 5.91 Å². The summed E-state index contributed by atoms with van der Waals surface area (Å²) in [6.07, 6.45) is 1.32. The van der Waals surface area contributed by atoms with Crippen LogP contribution in [0.4, 0.5) is 0 Å². The Hall–Kier alpha value is -1.60. The molecule has 1 amide bonds. The van der Waals surface area contributed by atoms with Gasteiger partial charge in [0.1, 0.15) is 19.5 Å². The summed E-state index contributed by atoms with van der Waals surface area (Å²) in [6, 6.07) is 5.95. The van der Waals surface area contributed by atoms with Crippen LogP contribution < -0.4 is 4.80 Å². The van der Waals surface area contributed by atoms with Crippen LogP contribution in [0.15, 0.2) is 39.7 Å². The zero-order chi connectivity index (χ0) is 14.1. The molecule has 0 unspecified atom stereocenters. The van der Waals surface area contributed by atoms with Crippen LogP contribution in [0.5, 0.6) is 0 Å². The number of thiazole rings is 1. The van der Waals surface area contributed by atoms with E-state index in [0.717, 1.165) is 14.7 Å². The molecular weight excluding hydrogens is 344 g/mol. The maximum atomic E-state index is 12.0. The first-order valence-electron chi connectivity index (χ1n) is 5.94. The Morgan fingerprint density at radius 3 is 3.05 bits per heavy atom. The molecule has 0 aliphatic carbocycles. The number of rotatable bonds is 1. The number of amides is 1. The number of fused-ring (bicyclic) bond motifs is 1. The van der Waals surface area contributed by atoms with Crippen LogP contribution >= 0.6 is 27.3 Å². The molecule has 2 heterocycles. The molecule has 1 aliphatic heterocycles. The maximum absolute atomic E-state index is 12.0. The van der Waals surface area contributed by atoms with Gasteiger partial charge in [-0.05, 0) is 18.2 Å². The summed E-state index contributed by atoms with van der Waals surface area (Å²) in [6.45, 7) is 0.833. The highest BCUT2D eigenvalue weighted by molar-refractivity contribution is 9.10. The van der Waals surface area contributed by atoms with E-state index >= 15 is 0 Å². The van der Waals surface area contributed by atoms with E-state index in [1.165, 1.54) is 17.6 Å². The molecule has 1 aromatic carbocycles. The molecule has 20 heavy (non-hydrogen) atoms. The molecule has 104 valence electrons. The summed E-state index contributed by atoms with van der Waals surface area (Å²) < 4.78 is 14.2. The Morgan fingerprint density at radius 2 is 2.30 bits per heavy atom. The molecular formula is C13H11BrN2O3S. The van der Waals surface area contributed by atoms with E-state index in [0.29, 0.717) is 18.0 Å². The molecule has 7 heteroatoms. The fourth-order valence-electron chi connectivity index (χ4n) is 1.84. The van der Waals surface area contributed by atoms with Crippen molar-refractivity contribution in [2.45, 2.75) is 0 Å². The molecule has 0 atom stereocenters. The molecule has 0 N–H and O–H groups in total. The maximum Gasteiger partial charge on any atom is 0.317 e. The Bertz CT molecular complexity index is 776. The number of hydrogen-bond donors (Lipinski definition) is 0. The molecule has 0 saturated heterocycles. The molecule has 1 aromatic heterocycles. The van der Waals surface area contributed by atoms with Gasteiger partial charge in [0.15, 0.2) is 4.80 Å². The van der Waals surface area contributed by atoms with Crippen molar-refractivity contribution in [3.8, 4) is 0 Å². The lowest BCUT2D eigenvalue weighted by Crippen LogP contribution is -2.18. The van der Waals surface area contributed by atoms with E-state index in [2.05, 4.69) is 20.9 Å². The van der Waals surface area contributed by atoms with Crippen LogP contribution in [-0.2, 0) is 21.3 Å². The number of carbonyl (C=O) groups is 1. The van der Waals surface area contributed by atoms with Crippen LogP contribution in [0.2, 0.25) is 0 Å². The number of hydrogen-bond acceptors (Lipinski definition) is 4. The molecule has 2 aromatic rings. The predicted molar refractivity (Wildman–Crippen MR) is 79.1 cm³/mol. The number of aromatic nitrogens is 1. The van der Waals surface area contributed by atoms with Crippen molar-refractivity contribution >= 4 is 43.4 Å². The lowest BCUT2D eigenvalue weighted by atomic mass is 10.3. The highest BCUT2D eigenvalue weighted by atomic mass is 79.9. The molecule has 0 fully saturated rings. The lowest BCUT2D eigenvalue weighted by molar-refractivity contribution is -0.119. The van der Waals surface area contributed by atoms with Gasteiger partial charge in [0.2, 0.25) is 5.76 Å². The van der Waals surface area contributed by atoms with Gasteiger partial charge in [0.25, 0.3) is 0 Å². The van der Waals surface area contributed by atoms with Crippen molar-refractivity contribution in [2.75, 3.05) is 13.2 Å². The van der Waals surface area contributed by atoms with Crippen molar-refractivity contribution in [2.24, 2.45) is 12.0 Å². The second-order valence-corrected chi connectivity index (χ2v) is 6.10. The van der Waals surface area contributed by atoms with Crippen molar-refractivity contribution in [3.05, 3.63) is 39.5 Å². The monoisotopic (exact) mass is 354 g/mol. The summed E-state index contributed by atoms with van der Waals surface area (Å²) in [5.41, 5.74) is 1.03. The fourth-order valence-corrected chi connectivity index (χ4v) is 3.41. The van der Waals surface area contributed by atoms with Gasteiger partial charge >= 0.3 is 5.91 Å². The number of halogens is 1. The van der Waals surface area contributed by atoms with E-state index in [9.17, 15) is 4.79 Å². The van der Waals surface area contributed by atoms with Gasteiger partial charge in [0, 0.05) is 11.5 Å². The summed E-state index contributed by atoms with van der Waals surface area (Å²) in [4.78, 5) is 16.7. The van der Waals surface area contributed by atoms with Crippen LogP contribution in [0, 0.1) is 0 Å². The van der Waals surface area contributed by atoms with Gasteiger partial charge in [-0.25, -0.2) is 0 Å². The molecule has 0 bridgehead atoms. The van der Waals surface area contributed by atoms with Gasteiger partial charge in [0.05, 0.1) is 10.2 Å². The molecule has 0 radical (unpaired) electrons. The molecule has 0 spiro atoms. The second-order valence-electron chi connectivity index (χ2n) is 4.17. The first-order valence-corrected chi connectivity index (χ1v) is 7.55. The average molecular weight is 355 g/mol. The highest BCUT2D eigenvalue weighted by Crippen LogP contribution is 2.21. The molecule has 3 rings (SSSR count). The minimum absolute atomic E-state index is 0.148. The lowest BCUT2D eigenvalue weighted by Gasteiger charge is -2.12. The van der Waals surface area contributed by atoms with Gasteiger partial charge < -0.3 is 14.0 Å². The van der Waals surface area contributed by atoms with Crippen molar-refractivity contribution in [1.82, 2.24) is 4.57 Å². The van der Waals surface area contributed by atoms with Crippen LogP contribution in [0.3, 0.4) is 0 Å². The number of benzene rings is 1. The summed E-state index contributed by atoms with van der Waals surface area (Å²) in [5.74, 6) is -0.277. The van der Waals surface area contributed by atoms with Gasteiger partial charge in [-0.15, -0.1) is 0 Å². The van der Waals surface area contributed by atoms with Crippen LogP contribution in [0.1, 0.15) is 0 Å². The third kappa shape index (κ3) is 2.51. The van der Waals surface area contributed by atoms with Crippen LogP contribution in [-0.4, -0.2) is 23.7 Å². The Morgan fingerprint density at radius 1 is 1.45 bits per heavy atom. The molecule has 0 saturated carbocycles. The SMILES string of the molecule is Cn1c(=NC(=O)C2=COCCO2)sc2cc(Br)ccc21. The van der Waals surface area contributed by atoms with Crippen LogP contribution in [0.25, 0.3) is 10.2 Å². The molecule has 1 aliphatic rings. The Labute approximate surface area is 127 Å². The number of ether oxygens (including phenoxy) is 2. The normalized spacial score (nSPS) is 15.7. The quantitative estimate of drug-likeness (QED) is 0.789. The standard InChI is InChI=1S/C13H11BrN2O3S/c1-16-9-3-2-8(14)6-11(9)20-13(16)15-12(17)10-7-18-4-5-19-10/h2-3,6-7H,4-5H2,1H3. The average Bonchev–Trinajstić information content (AvgIpc) is 2.75. The van der Waals surface area contributed by atoms with E-state index in [1.54, 1.807) is 0 Å². The van der Waals surface area contributed by atoms with E-state index in [4.69, 9.17) is 9.47 Å². The topological polar surface area (TPSA) is 52.8 Å². The third-order valence-corrected chi connectivity index (χ3v) is 4.42. The van der Waals surface area contributed by atoms with E-state index in [1.807, 2.05) is 29.8 Å². The number of carbonyl (C=O) groups excluding carboxylic acids is 1. The highest BCUT2D eigenvalue weighted by Gasteiger charge is 2.14. The zero-order valence-corrected chi connectivity index (χ0v) is 13.0. The van der Waals surface area contributed by atoms with Gasteiger partial charge in [-0.3, -0.25) is 4.79 Å². The largest absolute Gasteiger partial charge is 0.494 e. The molecule has 5 nitrogen and oxygen atoms in total. The van der Waals surface area contributed by atoms with Gasteiger partial charge in [-0.1, -0.05) is 27.3 Å². The minimum Gasteiger partial charge on any atom is -0.494 e. The Kier molecular flexibility index (Phi) is 3.62. The smallest absolute Gasteiger partial charge is 0.317 e. The second kappa shape index (κ2) is 5.41. The first-order chi connectivity index (χ1) is 9.65. The van der Waals surface area contributed by atoms with Crippen molar-refractivity contribution < 1.29 is 14.3 Å². The number of nitrogens with zero attached hydrogens (tertiary/aromatic N) is 2. The number of aryl methyl sites for hydroxylation is 1. The predicted octanol–water partition coefficient (Wildman–Crippen LogP) is 2.32. The fraction of sp³-hybridized carbons (Fsp3) is 0.231. The van der Waals surface area contributed by atoms with Crippen molar-refractivity contribution in [1.29, 1.82) is 0 Å². The summed E-state index contributed by atoms with van der Waals surface area (Å²) in [7, 11) is 1.88. The van der Waals surface area contributed by atoms with E-state index in [-0.39, 0.29) is 5.76 Å². The summed E-state index contributed by atoms with van der Waals surface area (Å²) >= 11 is 4.89. The van der Waals surface area contributed by atoms with Crippen molar-refractivity contribution in [3.63, 3.8) is 0 Å². The first kappa shape index (κ1) is 13.4. The minimum atomic E-state index is -0.425. The third-order valence-electron chi connectivity index (χ3n) is 2.83. The van der Waals surface area contributed by atoms with Gasteiger partial charge in [-0.2, -0.15) is 4.99 Å².